The molecule has 3 rings (SSSR count). The number of ether oxygens (including phenoxy) is 1. The molecule has 0 fully saturated rings. The summed E-state index contributed by atoms with van der Waals surface area (Å²) in [6.45, 7) is 1.00. The fourth-order valence-corrected chi connectivity index (χ4v) is 3.40. The smallest absolute Gasteiger partial charge is 0.306 e. The second-order valence-corrected chi connectivity index (χ2v) is 6.63. The minimum Gasteiger partial charge on any atom is -0.508 e. The van der Waals surface area contributed by atoms with Crippen molar-refractivity contribution in [1.82, 2.24) is 4.90 Å². The van der Waals surface area contributed by atoms with Crippen LogP contribution >= 0.6 is 0 Å². The first kappa shape index (κ1) is 18.0. The van der Waals surface area contributed by atoms with E-state index in [-0.39, 0.29) is 24.0 Å². The van der Waals surface area contributed by atoms with Gasteiger partial charge in [0.2, 0.25) is 5.91 Å². The zero-order chi connectivity index (χ0) is 18.5. The number of carbonyl (C=O) groups excluding carboxylic acids is 2. The van der Waals surface area contributed by atoms with Gasteiger partial charge in [0.25, 0.3) is 0 Å². The molecule has 0 aliphatic carbocycles. The summed E-state index contributed by atoms with van der Waals surface area (Å²) in [5, 5.41) is 9.81. The molecule has 0 aromatic heterocycles. The first-order chi connectivity index (χ1) is 12.6. The van der Waals surface area contributed by atoms with Gasteiger partial charge in [-0.3, -0.25) is 9.59 Å². The zero-order valence-electron chi connectivity index (χ0n) is 14.9. The Hall–Kier alpha value is -2.82. The first-order valence-electron chi connectivity index (χ1n) is 8.77. The van der Waals surface area contributed by atoms with E-state index >= 15 is 0 Å². The van der Waals surface area contributed by atoms with Gasteiger partial charge in [-0.1, -0.05) is 36.4 Å². The Kier molecular flexibility index (Phi) is 5.56. The van der Waals surface area contributed by atoms with E-state index < -0.39 is 5.92 Å². The van der Waals surface area contributed by atoms with Crippen LogP contribution in [0.1, 0.15) is 23.1 Å². The van der Waals surface area contributed by atoms with Gasteiger partial charge in [0, 0.05) is 13.1 Å². The highest BCUT2D eigenvalue weighted by molar-refractivity contribution is 5.84. The summed E-state index contributed by atoms with van der Waals surface area (Å²) in [5.74, 6) is -0.676. The minimum absolute atomic E-state index is 0.0398. The lowest BCUT2D eigenvalue weighted by Crippen LogP contribution is -2.37. The Morgan fingerprint density at radius 2 is 1.96 bits per heavy atom. The number of phenolic OH excluding ortho intramolecular Hbond substituents is 1. The number of aromatic hydroxyl groups is 1. The van der Waals surface area contributed by atoms with Crippen molar-refractivity contribution in [2.24, 2.45) is 5.92 Å². The number of amides is 1. The zero-order valence-corrected chi connectivity index (χ0v) is 14.9. The molecule has 2 aromatic rings. The molecule has 5 nitrogen and oxygen atoms in total. The van der Waals surface area contributed by atoms with Crippen molar-refractivity contribution >= 4 is 11.9 Å². The molecule has 0 spiro atoms. The van der Waals surface area contributed by atoms with Gasteiger partial charge in [0.05, 0.1) is 19.4 Å². The first-order valence-corrected chi connectivity index (χ1v) is 8.77. The number of phenols is 1. The van der Waals surface area contributed by atoms with Crippen molar-refractivity contribution < 1.29 is 19.4 Å². The van der Waals surface area contributed by atoms with Gasteiger partial charge >= 0.3 is 5.97 Å². The average molecular weight is 353 g/mol. The van der Waals surface area contributed by atoms with Crippen LogP contribution in [-0.2, 0) is 33.7 Å². The highest BCUT2D eigenvalue weighted by atomic mass is 16.5. The van der Waals surface area contributed by atoms with E-state index in [4.69, 9.17) is 4.74 Å². The number of nitrogens with zero attached hydrogens (tertiary/aromatic N) is 1. The summed E-state index contributed by atoms with van der Waals surface area (Å²) in [6.07, 6.45) is 1.29. The quantitative estimate of drug-likeness (QED) is 0.840. The summed E-state index contributed by atoms with van der Waals surface area (Å²) in [6, 6.07) is 15.2. The molecular formula is C21H23NO4. The Balaban J connectivity index is 1.83. The van der Waals surface area contributed by atoms with Crippen LogP contribution < -0.4 is 0 Å². The number of fused-ring (bicyclic) bond motifs is 1. The number of carbonyl (C=O) groups is 2. The molecule has 26 heavy (non-hydrogen) atoms. The molecule has 1 heterocycles. The fourth-order valence-electron chi connectivity index (χ4n) is 3.40. The number of hydrogen-bond donors (Lipinski definition) is 1. The standard InChI is InChI=1S/C21H23NO4/c1-26-20(24)13-17-11-16-7-8-19(23)12-18(16)14-22(21(17)25)10-9-15-5-3-2-4-6-15/h2-8,12,17,23H,9-11,13-14H2,1H3/t17-/m0/s1. The van der Waals surface area contributed by atoms with Crippen LogP contribution in [0.5, 0.6) is 5.75 Å². The predicted octanol–water partition coefficient (Wildman–Crippen LogP) is 2.70. The fraction of sp³-hybridized carbons (Fsp3) is 0.333. The molecule has 1 N–H and O–H groups in total. The van der Waals surface area contributed by atoms with E-state index in [1.165, 1.54) is 7.11 Å². The lowest BCUT2D eigenvalue weighted by atomic mass is 9.94. The predicted molar refractivity (Wildman–Crippen MR) is 97.5 cm³/mol. The molecule has 1 atom stereocenters. The Labute approximate surface area is 153 Å². The second-order valence-electron chi connectivity index (χ2n) is 6.63. The SMILES string of the molecule is COC(=O)C[C@@H]1Cc2ccc(O)cc2CN(CCc2ccccc2)C1=O. The molecule has 136 valence electrons. The highest BCUT2D eigenvalue weighted by Crippen LogP contribution is 2.28. The third-order valence-corrected chi connectivity index (χ3v) is 4.83. The minimum atomic E-state index is -0.441. The van der Waals surface area contributed by atoms with Crippen LogP contribution in [0.15, 0.2) is 48.5 Å². The molecule has 0 saturated heterocycles. The van der Waals surface area contributed by atoms with E-state index in [2.05, 4.69) is 0 Å². The molecule has 1 amide bonds. The number of benzene rings is 2. The van der Waals surface area contributed by atoms with Gasteiger partial charge in [-0.25, -0.2) is 0 Å². The number of methoxy groups -OCH3 is 1. The van der Waals surface area contributed by atoms with Gasteiger partial charge in [-0.2, -0.15) is 0 Å². The maximum atomic E-state index is 13.0. The van der Waals surface area contributed by atoms with Gasteiger partial charge in [0.15, 0.2) is 0 Å². The van der Waals surface area contributed by atoms with E-state index in [9.17, 15) is 14.7 Å². The van der Waals surface area contributed by atoms with Crippen LogP contribution in [0.3, 0.4) is 0 Å². The van der Waals surface area contributed by atoms with E-state index in [1.54, 1.807) is 17.0 Å². The van der Waals surface area contributed by atoms with Gasteiger partial charge in [-0.15, -0.1) is 0 Å². The largest absolute Gasteiger partial charge is 0.508 e. The van der Waals surface area contributed by atoms with Crippen LogP contribution in [0.2, 0.25) is 0 Å². The molecule has 0 saturated carbocycles. The van der Waals surface area contributed by atoms with E-state index in [0.717, 1.165) is 23.1 Å². The summed E-state index contributed by atoms with van der Waals surface area (Å²) in [7, 11) is 1.34. The molecule has 0 unspecified atom stereocenters. The number of rotatable bonds is 5. The Morgan fingerprint density at radius 3 is 2.69 bits per heavy atom. The monoisotopic (exact) mass is 353 g/mol. The lowest BCUT2D eigenvalue weighted by Gasteiger charge is -2.24. The third kappa shape index (κ3) is 4.23. The van der Waals surface area contributed by atoms with Gasteiger partial charge in [-0.05, 0) is 41.7 Å². The molecule has 1 aliphatic heterocycles. The Bertz CT molecular complexity index is 788. The lowest BCUT2D eigenvalue weighted by molar-refractivity contribution is -0.146. The van der Waals surface area contributed by atoms with Gasteiger partial charge < -0.3 is 14.7 Å². The van der Waals surface area contributed by atoms with Crippen molar-refractivity contribution in [3.8, 4) is 5.75 Å². The number of hydrogen-bond acceptors (Lipinski definition) is 4. The molecule has 5 heteroatoms. The molecule has 1 aliphatic rings. The topological polar surface area (TPSA) is 66.8 Å². The van der Waals surface area contributed by atoms with Crippen molar-refractivity contribution in [3.63, 3.8) is 0 Å². The highest BCUT2D eigenvalue weighted by Gasteiger charge is 2.31. The molecule has 0 radical (unpaired) electrons. The summed E-state index contributed by atoms with van der Waals surface area (Å²) < 4.78 is 4.76. The molecular weight excluding hydrogens is 330 g/mol. The van der Waals surface area contributed by atoms with E-state index in [0.29, 0.717) is 19.5 Å². The maximum absolute atomic E-state index is 13.0. The summed E-state index contributed by atoms with van der Waals surface area (Å²) >= 11 is 0. The Morgan fingerprint density at radius 1 is 1.19 bits per heavy atom. The normalized spacial score (nSPS) is 16.7. The summed E-state index contributed by atoms with van der Waals surface area (Å²) in [4.78, 5) is 26.6. The van der Waals surface area contributed by atoms with Crippen LogP contribution in [-0.4, -0.2) is 35.5 Å². The third-order valence-electron chi connectivity index (χ3n) is 4.83. The average Bonchev–Trinajstić information content (AvgIpc) is 2.78. The summed E-state index contributed by atoms with van der Waals surface area (Å²) in [5.41, 5.74) is 3.08. The number of esters is 1. The van der Waals surface area contributed by atoms with Crippen LogP contribution in [0, 0.1) is 5.92 Å². The van der Waals surface area contributed by atoms with Crippen LogP contribution in [0.25, 0.3) is 0 Å². The van der Waals surface area contributed by atoms with Crippen LogP contribution in [0.4, 0.5) is 0 Å². The second kappa shape index (κ2) is 8.04. The van der Waals surface area contributed by atoms with Crippen molar-refractivity contribution in [2.45, 2.75) is 25.8 Å². The van der Waals surface area contributed by atoms with Crippen molar-refractivity contribution in [1.29, 1.82) is 0 Å². The maximum Gasteiger partial charge on any atom is 0.306 e. The molecule has 0 bridgehead atoms. The van der Waals surface area contributed by atoms with E-state index in [1.807, 2.05) is 36.4 Å². The van der Waals surface area contributed by atoms with Crippen molar-refractivity contribution in [2.75, 3.05) is 13.7 Å². The van der Waals surface area contributed by atoms with Crippen molar-refractivity contribution in [3.05, 3.63) is 65.2 Å². The van der Waals surface area contributed by atoms with Gasteiger partial charge in [0.1, 0.15) is 5.75 Å². The molecule has 2 aromatic carbocycles.